The van der Waals surface area contributed by atoms with Gasteiger partial charge < -0.3 is 15.2 Å². The van der Waals surface area contributed by atoms with Crippen molar-refractivity contribution in [3.8, 4) is 5.88 Å². The molecule has 1 aliphatic rings. The summed E-state index contributed by atoms with van der Waals surface area (Å²) in [5.74, 6) is 0.204. The van der Waals surface area contributed by atoms with Crippen LogP contribution in [0.25, 0.3) is 0 Å². The summed E-state index contributed by atoms with van der Waals surface area (Å²) in [7, 11) is 0. The van der Waals surface area contributed by atoms with E-state index in [2.05, 4.69) is 15.3 Å². The molecule has 0 aliphatic heterocycles. The van der Waals surface area contributed by atoms with E-state index < -0.39 is 5.97 Å². The maximum Gasteiger partial charge on any atom is 0.306 e. The molecule has 20 heavy (non-hydrogen) atoms. The minimum absolute atomic E-state index is 0.0729. The average Bonchev–Trinajstić information content (AvgIpc) is 2.39. The summed E-state index contributed by atoms with van der Waals surface area (Å²) in [6, 6.07) is 1.96. The van der Waals surface area contributed by atoms with Gasteiger partial charge in [-0.3, -0.25) is 4.79 Å². The van der Waals surface area contributed by atoms with Gasteiger partial charge in [0, 0.05) is 18.3 Å². The predicted octanol–water partition coefficient (Wildman–Crippen LogP) is 2.32. The van der Waals surface area contributed by atoms with Crippen LogP contribution in [-0.4, -0.2) is 33.2 Å². The molecular weight excluding hydrogens is 258 g/mol. The topological polar surface area (TPSA) is 84.3 Å². The van der Waals surface area contributed by atoms with Crippen LogP contribution < -0.4 is 10.1 Å². The van der Waals surface area contributed by atoms with Crippen LogP contribution in [0.15, 0.2) is 12.3 Å². The highest BCUT2D eigenvalue weighted by molar-refractivity contribution is 5.70. The van der Waals surface area contributed by atoms with Gasteiger partial charge in [-0.25, -0.2) is 4.98 Å². The molecule has 1 aliphatic carbocycles. The van der Waals surface area contributed by atoms with E-state index in [1.807, 2.05) is 13.8 Å². The van der Waals surface area contributed by atoms with E-state index in [0.29, 0.717) is 24.7 Å². The Labute approximate surface area is 118 Å². The second kappa shape index (κ2) is 6.54. The number of carboxylic acid groups (broad SMARTS) is 1. The van der Waals surface area contributed by atoms with Crippen LogP contribution in [0, 0.1) is 5.92 Å². The van der Waals surface area contributed by atoms with Gasteiger partial charge in [0.1, 0.15) is 0 Å². The molecule has 0 spiro atoms. The van der Waals surface area contributed by atoms with Crippen molar-refractivity contribution in [1.82, 2.24) is 9.97 Å². The summed E-state index contributed by atoms with van der Waals surface area (Å²) < 4.78 is 5.52. The van der Waals surface area contributed by atoms with Crippen molar-refractivity contribution in [1.29, 1.82) is 0 Å². The molecule has 1 heterocycles. The number of carboxylic acids is 1. The highest BCUT2D eigenvalue weighted by Crippen LogP contribution is 2.26. The lowest BCUT2D eigenvalue weighted by atomic mass is 9.86. The van der Waals surface area contributed by atoms with Crippen LogP contribution in [0.4, 0.5) is 5.95 Å². The molecule has 6 nitrogen and oxygen atoms in total. The van der Waals surface area contributed by atoms with E-state index in [1.165, 1.54) is 0 Å². The van der Waals surface area contributed by atoms with Gasteiger partial charge in [-0.05, 0) is 39.5 Å². The molecule has 1 aromatic heterocycles. The largest absolute Gasteiger partial charge is 0.481 e. The number of anilines is 1. The number of nitrogens with one attached hydrogen (secondary N) is 1. The Morgan fingerprint density at radius 3 is 2.70 bits per heavy atom. The van der Waals surface area contributed by atoms with Crippen molar-refractivity contribution in [2.24, 2.45) is 5.92 Å². The molecule has 1 saturated carbocycles. The molecule has 0 aromatic carbocycles. The molecule has 2 rings (SSSR count). The number of hydrogen-bond acceptors (Lipinski definition) is 5. The molecule has 6 heteroatoms. The van der Waals surface area contributed by atoms with Crippen molar-refractivity contribution in [3.63, 3.8) is 0 Å². The van der Waals surface area contributed by atoms with Gasteiger partial charge >= 0.3 is 5.97 Å². The lowest BCUT2D eigenvalue weighted by molar-refractivity contribution is -0.142. The lowest BCUT2D eigenvalue weighted by Crippen LogP contribution is -2.29. The smallest absolute Gasteiger partial charge is 0.306 e. The third-order valence-corrected chi connectivity index (χ3v) is 3.40. The van der Waals surface area contributed by atoms with Crippen molar-refractivity contribution in [3.05, 3.63) is 12.3 Å². The van der Waals surface area contributed by atoms with E-state index in [0.717, 1.165) is 12.8 Å². The number of rotatable bonds is 5. The highest BCUT2D eigenvalue weighted by Gasteiger charge is 2.26. The Balaban J connectivity index is 1.89. The van der Waals surface area contributed by atoms with Crippen LogP contribution in [0.5, 0.6) is 5.88 Å². The molecule has 0 radical (unpaired) electrons. The lowest BCUT2D eigenvalue weighted by Gasteiger charge is -2.26. The quantitative estimate of drug-likeness (QED) is 0.860. The first-order valence-electron chi connectivity index (χ1n) is 7.03. The van der Waals surface area contributed by atoms with Crippen LogP contribution >= 0.6 is 0 Å². The molecular formula is C14H21N3O3. The SMILES string of the molecule is CC(C)Oc1ccnc(NC2CCC(C(=O)O)CC2)n1. The van der Waals surface area contributed by atoms with E-state index in [9.17, 15) is 4.79 Å². The zero-order chi connectivity index (χ0) is 14.5. The molecule has 2 N–H and O–H groups in total. The first-order chi connectivity index (χ1) is 9.54. The Morgan fingerprint density at radius 2 is 2.10 bits per heavy atom. The number of aromatic nitrogens is 2. The van der Waals surface area contributed by atoms with Gasteiger partial charge in [-0.1, -0.05) is 0 Å². The van der Waals surface area contributed by atoms with Gasteiger partial charge in [-0.2, -0.15) is 4.98 Å². The van der Waals surface area contributed by atoms with Crippen LogP contribution in [-0.2, 0) is 4.79 Å². The maximum absolute atomic E-state index is 10.9. The fraction of sp³-hybridized carbons (Fsp3) is 0.643. The summed E-state index contributed by atoms with van der Waals surface area (Å²) in [4.78, 5) is 19.4. The summed E-state index contributed by atoms with van der Waals surface area (Å²) in [6.45, 7) is 3.89. The number of ether oxygens (including phenoxy) is 1. The third kappa shape index (κ3) is 4.08. The number of aliphatic carboxylic acids is 1. The summed E-state index contributed by atoms with van der Waals surface area (Å²) >= 11 is 0. The molecule has 0 atom stereocenters. The fourth-order valence-electron chi connectivity index (χ4n) is 2.39. The van der Waals surface area contributed by atoms with Crippen molar-refractivity contribution < 1.29 is 14.6 Å². The van der Waals surface area contributed by atoms with E-state index in [1.54, 1.807) is 12.3 Å². The Bertz CT molecular complexity index is 457. The molecule has 1 fully saturated rings. The van der Waals surface area contributed by atoms with E-state index >= 15 is 0 Å². The van der Waals surface area contributed by atoms with Crippen molar-refractivity contribution >= 4 is 11.9 Å². The molecule has 0 saturated heterocycles. The van der Waals surface area contributed by atoms with Gasteiger partial charge in [0.2, 0.25) is 11.8 Å². The summed E-state index contributed by atoms with van der Waals surface area (Å²) in [5.41, 5.74) is 0. The monoisotopic (exact) mass is 279 g/mol. The van der Waals surface area contributed by atoms with Gasteiger partial charge in [0.05, 0.1) is 12.0 Å². The van der Waals surface area contributed by atoms with Crippen LogP contribution in [0.1, 0.15) is 39.5 Å². The third-order valence-electron chi connectivity index (χ3n) is 3.40. The standard InChI is InChI=1S/C14H21N3O3/c1-9(2)20-12-7-8-15-14(17-12)16-11-5-3-10(4-6-11)13(18)19/h7-11H,3-6H2,1-2H3,(H,18,19)(H,15,16,17). The zero-order valence-corrected chi connectivity index (χ0v) is 11.9. The van der Waals surface area contributed by atoms with Gasteiger partial charge in [-0.15, -0.1) is 0 Å². The van der Waals surface area contributed by atoms with Crippen LogP contribution in [0.3, 0.4) is 0 Å². The molecule has 1 aromatic rings. The Hall–Kier alpha value is -1.85. The average molecular weight is 279 g/mol. The number of hydrogen-bond donors (Lipinski definition) is 2. The predicted molar refractivity (Wildman–Crippen MR) is 74.8 cm³/mol. The maximum atomic E-state index is 10.9. The van der Waals surface area contributed by atoms with E-state index in [-0.39, 0.29) is 18.1 Å². The molecule has 0 bridgehead atoms. The molecule has 0 amide bonds. The first kappa shape index (κ1) is 14.6. The van der Waals surface area contributed by atoms with Crippen molar-refractivity contribution in [2.45, 2.75) is 51.7 Å². The second-order valence-corrected chi connectivity index (χ2v) is 5.42. The molecule has 110 valence electrons. The van der Waals surface area contributed by atoms with Gasteiger partial charge in [0.25, 0.3) is 0 Å². The first-order valence-corrected chi connectivity index (χ1v) is 7.03. The summed E-state index contributed by atoms with van der Waals surface area (Å²) in [5, 5.41) is 12.2. The van der Waals surface area contributed by atoms with Crippen LogP contribution in [0.2, 0.25) is 0 Å². The zero-order valence-electron chi connectivity index (χ0n) is 11.9. The Kier molecular flexibility index (Phi) is 4.76. The normalized spacial score (nSPS) is 22.6. The second-order valence-electron chi connectivity index (χ2n) is 5.42. The number of nitrogens with zero attached hydrogens (tertiary/aromatic N) is 2. The molecule has 0 unspecified atom stereocenters. The minimum Gasteiger partial charge on any atom is -0.481 e. The fourth-order valence-corrected chi connectivity index (χ4v) is 2.39. The number of carbonyl (C=O) groups is 1. The summed E-state index contributed by atoms with van der Waals surface area (Å²) in [6.07, 6.45) is 4.80. The Morgan fingerprint density at radius 1 is 1.40 bits per heavy atom. The van der Waals surface area contributed by atoms with Gasteiger partial charge in [0.15, 0.2) is 0 Å². The highest BCUT2D eigenvalue weighted by atomic mass is 16.5. The minimum atomic E-state index is -0.688. The van der Waals surface area contributed by atoms with Crippen molar-refractivity contribution in [2.75, 3.05) is 5.32 Å². The van der Waals surface area contributed by atoms with E-state index in [4.69, 9.17) is 9.84 Å².